The first-order chi connectivity index (χ1) is 10.9. The summed E-state index contributed by atoms with van der Waals surface area (Å²) < 4.78 is 54.3. The Kier molecular flexibility index (Phi) is 3.91. The van der Waals surface area contributed by atoms with Gasteiger partial charge in [-0.3, -0.25) is 9.71 Å². The van der Waals surface area contributed by atoms with Crippen LogP contribution in [0.1, 0.15) is 0 Å². The van der Waals surface area contributed by atoms with E-state index >= 15 is 0 Å². The molecule has 0 saturated heterocycles. The Morgan fingerprint density at radius 3 is 2.39 bits per heavy atom. The number of nitrogens with zero attached hydrogens (tertiary/aromatic N) is 1. The molecule has 0 atom stereocenters. The second-order valence-electron chi connectivity index (χ2n) is 4.65. The number of anilines is 1. The average Bonchev–Trinajstić information content (AvgIpc) is 2.51. The third-order valence-corrected chi connectivity index (χ3v) is 4.88. The van der Waals surface area contributed by atoms with Crippen molar-refractivity contribution in [3.63, 3.8) is 0 Å². The fraction of sp³-hybridized carbons (Fsp3) is 0. The normalized spacial score (nSPS) is 11.6. The highest BCUT2D eigenvalue weighted by Gasteiger charge is 2.22. The van der Waals surface area contributed by atoms with Gasteiger partial charge in [0.25, 0.3) is 10.0 Å². The number of fused-ring (bicyclic) bond motifs is 1. The molecule has 0 aliphatic rings. The topological polar surface area (TPSA) is 59.1 Å². The van der Waals surface area contributed by atoms with Crippen molar-refractivity contribution in [2.75, 3.05) is 4.72 Å². The van der Waals surface area contributed by atoms with Gasteiger partial charge in [-0.05, 0) is 36.4 Å². The summed E-state index contributed by atoms with van der Waals surface area (Å²) in [5, 5.41) is 0.529. The van der Waals surface area contributed by atoms with Crippen molar-refractivity contribution >= 4 is 38.2 Å². The molecule has 0 spiro atoms. The molecule has 3 rings (SSSR count). The van der Waals surface area contributed by atoms with Gasteiger partial charge in [-0.25, -0.2) is 17.2 Å². The van der Waals surface area contributed by atoms with Gasteiger partial charge in [-0.1, -0.05) is 17.7 Å². The molecule has 2 aromatic carbocycles. The molecule has 0 aliphatic carbocycles. The van der Waals surface area contributed by atoms with Crippen molar-refractivity contribution in [3.05, 3.63) is 65.3 Å². The zero-order chi connectivity index (χ0) is 16.6. The number of halogens is 3. The minimum atomic E-state index is -4.23. The van der Waals surface area contributed by atoms with E-state index in [1.807, 2.05) is 4.72 Å². The number of rotatable bonds is 3. The molecule has 8 heteroatoms. The van der Waals surface area contributed by atoms with Crippen LogP contribution in [0.15, 0.2) is 53.6 Å². The third-order valence-electron chi connectivity index (χ3n) is 3.17. The van der Waals surface area contributed by atoms with E-state index < -0.39 is 27.3 Å². The fourth-order valence-corrected chi connectivity index (χ4v) is 3.62. The van der Waals surface area contributed by atoms with Crippen molar-refractivity contribution in [2.24, 2.45) is 0 Å². The number of para-hydroxylation sites is 1. The lowest BCUT2D eigenvalue weighted by Crippen LogP contribution is -2.15. The van der Waals surface area contributed by atoms with Gasteiger partial charge in [0.05, 0.1) is 15.4 Å². The maximum absolute atomic E-state index is 13.7. The maximum Gasteiger partial charge on any atom is 0.262 e. The molecule has 0 saturated carbocycles. The molecule has 0 radical (unpaired) electrons. The van der Waals surface area contributed by atoms with E-state index in [2.05, 4.69) is 4.98 Å². The molecule has 118 valence electrons. The Bertz CT molecular complexity index is 989. The summed E-state index contributed by atoms with van der Waals surface area (Å²) in [5.41, 5.74) is -0.453. The highest BCUT2D eigenvalue weighted by atomic mass is 35.5. The Hall–Kier alpha value is -2.25. The molecule has 0 aliphatic heterocycles. The molecule has 1 aromatic heterocycles. The van der Waals surface area contributed by atoms with Gasteiger partial charge in [0.2, 0.25) is 0 Å². The zero-order valence-corrected chi connectivity index (χ0v) is 13.0. The van der Waals surface area contributed by atoms with E-state index in [1.54, 1.807) is 6.07 Å². The van der Waals surface area contributed by atoms with Crippen LogP contribution in [0.3, 0.4) is 0 Å². The average molecular weight is 355 g/mol. The molecule has 4 nitrogen and oxygen atoms in total. The largest absolute Gasteiger partial charge is 0.274 e. The van der Waals surface area contributed by atoms with Crippen molar-refractivity contribution in [1.82, 2.24) is 4.98 Å². The van der Waals surface area contributed by atoms with Crippen LogP contribution in [0.2, 0.25) is 5.02 Å². The number of sulfonamides is 1. The highest BCUT2D eigenvalue weighted by Crippen LogP contribution is 2.29. The minimum Gasteiger partial charge on any atom is -0.274 e. The van der Waals surface area contributed by atoms with Gasteiger partial charge in [-0.2, -0.15) is 0 Å². The Labute approximate surface area is 135 Å². The summed E-state index contributed by atoms with van der Waals surface area (Å²) in [5.74, 6) is -2.02. The van der Waals surface area contributed by atoms with Crippen LogP contribution in [0.5, 0.6) is 0 Å². The van der Waals surface area contributed by atoms with E-state index in [4.69, 9.17) is 11.6 Å². The van der Waals surface area contributed by atoms with Crippen LogP contribution in [-0.4, -0.2) is 13.4 Å². The first-order valence-electron chi connectivity index (χ1n) is 6.40. The molecule has 1 N–H and O–H groups in total. The number of nitrogens with one attached hydrogen (secondary N) is 1. The Balaban J connectivity index is 2.16. The molecule has 0 unspecified atom stereocenters. The molecule has 1 heterocycles. The summed E-state index contributed by atoms with van der Waals surface area (Å²) >= 11 is 5.99. The van der Waals surface area contributed by atoms with Crippen LogP contribution >= 0.6 is 11.6 Å². The molecule has 0 fully saturated rings. The molecular formula is C15H9ClF2N2O2S. The van der Waals surface area contributed by atoms with Crippen molar-refractivity contribution in [2.45, 2.75) is 4.90 Å². The standard InChI is InChI=1S/C15H9ClF2N2O2S/c16-10-6-7-13(9-3-2-8-19-14(9)10)23(21,22)20-15-11(17)4-1-5-12(15)18/h1-8,20H. The number of benzene rings is 2. The predicted molar refractivity (Wildman–Crippen MR) is 83.9 cm³/mol. The second kappa shape index (κ2) is 5.75. The third kappa shape index (κ3) is 2.85. The molecular weight excluding hydrogens is 346 g/mol. The van der Waals surface area contributed by atoms with E-state index in [1.165, 1.54) is 24.4 Å². The van der Waals surface area contributed by atoms with Crippen LogP contribution in [0.25, 0.3) is 10.9 Å². The first-order valence-corrected chi connectivity index (χ1v) is 8.26. The van der Waals surface area contributed by atoms with Crippen LogP contribution in [0.4, 0.5) is 14.5 Å². The smallest absolute Gasteiger partial charge is 0.262 e. The van der Waals surface area contributed by atoms with Gasteiger partial charge in [0.1, 0.15) is 17.3 Å². The van der Waals surface area contributed by atoms with Crippen molar-refractivity contribution in [3.8, 4) is 0 Å². The van der Waals surface area contributed by atoms with Crippen molar-refractivity contribution < 1.29 is 17.2 Å². The monoisotopic (exact) mass is 354 g/mol. The summed E-state index contributed by atoms with van der Waals surface area (Å²) in [6.45, 7) is 0. The van der Waals surface area contributed by atoms with Crippen molar-refractivity contribution in [1.29, 1.82) is 0 Å². The van der Waals surface area contributed by atoms with Gasteiger partial charge >= 0.3 is 0 Å². The predicted octanol–water partition coefficient (Wildman–Crippen LogP) is 3.97. The first kappa shape index (κ1) is 15.6. The molecule has 0 bridgehead atoms. The molecule has 3 aromatic rings. The SMILES string of the molecule is O=S(=O)(Nc1c(F)cccc1F)c1ccc(Cl)c2ncccc12. The van der Waals surface area contributed by atoms with Crippen LogP contribution < -0.4 is 4.72 Å². The van der Waals surface area contributed by atoms with Crippen LogP contribution in [-0.2, 0) is 10.0 Å². The number of aromatic nitrogens is 1. The lowest BCUT2D eigenvalue weighted by atomic mass is 10.2. The summed E-state index contributed by atoms with van der Waals surface area (Å²) in [6.07, 6.45) is 1.47. The Morgan fingerprint density at radius 1 is 1.00 bits per heavy atom. The van der Waals surface area contributed by atoms with Gasteiger partial charge in [0.15, 0.2) is 0 Å². The summed E-state index contributed by atoms with van der Waals surface area (Å²) in [6, 6.07) is 8.74. The lowest BCUT2D eigenvalue weighted by Gasteiger charge is -2.12. The zero-order valence-electron chi connectivity index (χ0n) is 11.4. The number of hydrogen-bond donors (Lipinski definition) is 1. The molecule has 0 amide bonds. The van der Waals surface area contributed by atoms with E-state index in [0.717, 1.165) is 18.2 Å². The van der Waals surface area contributed by atoms with Gasteiger partial charge < -0.3 is 0 Å². The number of hydrogen-bond acceptors (Lipinski definition) is 3. The van der Waals surface area contributed by atoms with E-state index in [-0.39, 0.29) is 20.8 Å². The quantitative estimate of drug-likeness (QED) is 0.774. The van der Waals surface area contributed by atoms with Gasteiger partial charge in [0, 0.05) is 11.6 Å². The second-order valence-corrected chi connectivity index (χ2v) is 6.71. The maximum atomic E-state index is 13.7. The van der Waals surface area contributed by atoms with E-state index in [0.29, 0.717) is 0 Å². The van der Waals surface area contributed by atoms with Gasteiger partial charge in [-0.15, -0.1) is 0 Å². The van der Waals surface area contributed by atoms with E-state index in [9.17, 15) is 17.2 Å². The number of pyridine rings is 1. The lowest BCUT2D eigenvalue weighted by molar-refractivity contribution is 0.583. The summed E-state index contributed by atoms with van der Waals surface area (Å²) in [4.78, 5) is 3.85. The van der Waals surface area contributed by atoms with Crippen LogP contribution in [0, 0.1) is 11.6 Å². The molecule has 23 heavy (non-hydrogen) atoms. The highest BCUT2D eigenvalue weighted by molar-refractivity contribution is 7.93. The minimum absolute atomic E-state index is 0.173. The Morgan fingerprint density at radius 2 is 1.70 bits per heavy atom. The fourth-order valence-electron chi connectivity index (χ4n) is 2.13. The summed E-state index contributed by atoms with van der Waals surface area (Å²) in [7, 11) is -4.23.